The molecule has 3 rings (SSSR count). The van der Waals surface area contributed by atoms with Crippen LogP contribution in [0.15, 0.2) is 16.0 Å². The molecular weight excluding hydrogens is 424 g/mol. The van der Waals surface area contributed by atoms with E-state index in [2.05, 4.69) is 35.7 Å². The van der Waals surface area contributed by atoms with Crippen LogP contribution >= 0.6 is 39.1 Å². The molecule has 5 nitrogen and oxygen atoms in total. The van der Waals surface area contributed by atoms with E-state index in [0.29, 0.717) is 16.7 Å². The van der Waals surface area contributed by atoms with Crippen LogP contribution in [0.3, 0.4) is 0 Å². The molecule has 128 valence electrons. The molecule has 0 aliphatic heterocycles. The average molecular weight is 437 g/mol. The number of rotatable bonds is 6. The number of nitrogens with one attached hydrogen (secondary N) is 1. The zero-order valence-electron chi connectivity index (χ0n) is 12.6. The Labute approximate surface area is 154 Å². The third-order valence-corrected chi connectivity index (χ3v) is 5.02. The van der Waals surface area contributed by atoms with E-state index in [-0.39, 0.29) is 29.5 Å². The monoisotopic (exact) mass is 435 g/mol. The van der Waals surface area contributed by atoms with Gasteiger partial charge in [-0.2, -0.15) is 9.36 Å². The third-order valence-electron chi connectivity index (χ3n) is 3.45. The second-order valence-corrected chi connectivity index (χ2v) is 6.99. The van der Waals surface area contributed by atoms with Crippen molar-refractivity contribution in [2.24, 2.45) is 0 Å². The van der Waals surface area contributed by atoms with E-state index < -0.39 is 12.0 Å². The molecule has 1 N–H and O–H groups in total. The first kappa shape index (κ1) is 17.5. The second-order valence-electron chi connectivity index (χ2n) is 5.24. The summed E-state index contributed by atoms with van der Waals surface area (Å²) in [4.78, 5) is 4.07. The van der Waals surface area contributed by atoms with Gasteiger partial charge >= 0.3 is 0 Å². The normalized spacial score (nSPS) is 12.7. The van der Waals surface area contributed by atoms with Crippen molar-refractivity contribution >= 4 is 50.4 Å². The molecule has 0 amide bonds. The first-order valence-corrected chi connectivity index (χ1v) is 9.17. The van der Waals surface area contributed by atoms with Crippen molar-refractivity contribution in [3.05, 3.63) is 38.4 Å². The molecule has 0 radical (unpaired) electrons. The van der Waals surface area contributed by atoms with Crippen LogP contribution < -0.4 is 5.32 Å². The standard InChI is InChI=1S/C14H13BrClF2N5S/c1-7(17)2-3-9-10(18)11-13(19-6-8-4-5-24-22-8)20-14(16)21-23(11)12(9)15/h4-5,7H,2-3,6H2,1H3,(H,19,20,21). The zero-order valence-corrected chi connectivity index (χ0v) is 15.7. The van der Waals surface area contributed by atoms with Crippen LogP contribution in [0, 0.1) is 5.82 Å². The molecule has 1 atom stereocenters. The lowest BCUT2D eigenvalue weighted by Gasteiger charge is -2.06. The summed E-state index contributed by atoms with van der Waals surface area (Å²) >= 11 is 10.6. The van der Waals surface area contributed by atoms with Crippen molar-refractivity contribution in [3.63, 3.8) is 0 Å². The molecule has 24 heavy (non-hydrogen) atoms. The Bertz CT molecular complexity index is 853. The molecule has 0 saturated heterocycles. The van der Waals surface area contributed by atoms with Crippen molar-refractivity contribution in [1.82, 2.24) is 19.0 Å². The van der Waals surface area contributed by atoms with Gasteiger partial charge in [-0.15, -0.1) is 5.10 Å². The highest BCUT2D eigenvalue weighted by atomic mass is 79.9. The zero-order chi connectivity index (χ0) is 17.3. The van der Waals surface area contributed by atoms with E-state index in [1.807, 2.05) is 11.4 Å². The Morgan fingerprint density at radius 2 is 2.29 bits per heavy atom. The lowest BCUT2D eigenvalue weighted by atomic mass is 10.1. The summed E-state index contributed by atoms with van der Waals surface area (Å²) in [5.74, 6) is -0.222. The molecule has 3 aromatic heterocycles. The van der Waals surface area contributed by atoms with Crippen molar-refractivity contribution in [2.45, 2.75) is 32.5 Å². The molecule has 0 bridgehead atoms. The Morgan fingerprint density at radius 1 is 1.50 bits per heavy atom. The predicted molar refractivity (Wildman–Crippen MR) is 94.0 cm³/mol. The van der Waals surface area contributed by atoms with Gasteiger partial charge in [-0.1, -0.05) is 0 Å². The van der Waals surface area contributed by atoms with Gasteiger partial charge in [0.25, 0.3) is 0 Å². The van der Waals surface area contributed by atoms with E-state index in [1.54, 1.807) is 0 Å². The second kappa shape index (κ2) is 7.28. The summed E-state index contributed by atoms with van der Waals surface area (Å²) in [6, 6.07) is 1.86. The van der Waals surface area contributed by atoms with Crippen LogP contribution in [0.2, 0.25) is 5.28 Å². The highest BCUT2D eigenvalue weighted by Crippen LogP contribution is 2.32. The fraction of sp³-hybridized carbons (Fsp3) is 0.357. The van der Waals surface area contributed by atoms with E-state index in [1.165, 1.54) is 23.0 Å². The maximum absolute atomic E-state index is 14.8. The van der Waals surface area contributed by atoms with E-state index >= 15 is 0 Å². The molecule has 0 aromatic carbocycles. The van der Waals surface area contributed by atoms with Gasteiger partial charge in [-0.05, 0) is 64.9 Å². The van der Waals surface area contributed by atoms with Gasteiger partial charge in [0.05, 0.1) is 18.4 Å². The fourth-order valence-corrected chi connectivity index (χ4v) is 3.61. The highest BCUT2D eigenvalue weighted by Gasteiger charge is 2.22. The van der Waals surface area contributed by atoms with Gasteiger partial charge < -0.3 is 5.32 Å². The molecule has 3 heterocycles. The van der Waals surface area contributed by atoms with Crippen molar-refractivity contribution < 1.29 is 8.78 Å². The Balaban J connectivity index is 2.00. The summed E-state index contributed by atoms with van der Waals surface area (Å²) in [5.41, 5.74) is 1.33. The summed E-state index contributed by atoms with van der Waals surface area (Å²) in [6.45, 7) is 1.82. The number of hydrogen-bond acceptors (Lipinski definition) is 5. The molecule has 0 spiro atoms. The maximum Gasteiger partial charge on any atom is 0.243 e. The predicted octanol–water partition coefficient (Wildman–Crippen LogP) is 4.64. The molecule has 3 aromatic rings. The Morgan fingerprint density at radius 3 is 2.96 bits per heavy atom. The van der Waals surface area contributed by atoms with Crippen molar-refractivity contribution in [1.29, 1.82) is 0 Å². The van der Waals surface area contributed by atoms with Crippen molar-refractivity contribution in [3.8, 4) is 0 Å². The topological polar surface area (TPSA) is 55.1 Å². The molecule has 10 heteroatoms. The number of aromatic nitrogens is 4. The molecule has 0 aliphatic carbocycles. The summed E-state index contributed by atoms with van der Waals surface area (Å²) in [6.07, 6.45) is -0.553. The van der Waals surface area contributed by atoms with Gasteiger partial charge in [-0.25, -0.2) is 13.3 Å². The Hall–Kier alpha value is -1.32. The SMILES string of the molecule is CC(F)CCc1c(F)c2c(NCc3ccsn3)nc(Cl)nn2c1Br. The van der Waals surface area contributed by atoms with Crippen LogP contribution in [0.5, 0.6) is 0 Å². The molecule has 0 fully saturated rings. The minimum Gasteiger partial charge on any atom is -0.362 e. The number of nitrogens with zero attached hydrogens (tertiary/aromatic N) is 4. The van der Waals surface area contributed by atoms with Gasteiger partial charge in [-0.3, -0.25) is 0 Å². The summed E-state index contributed by atoms with van der Waals surface area (Å²) in [5, 5.41) is 8.88. The largest absolute Gasteiger partial charge is 0.362 e. The van der Waals surface area contributed by atoms with Crippen LogP contribution in [0.1, 0.15) is 24.6 Å². The minimum absolute atomic E-state index is 0.0237. The Kier molecular flexibility index (Phi) is 5.31. The number of hydrogen-bond donors (Lipinski definition) is 1. The number of anilines is 1. The van der Waals surface area contributed by atoms with Crippen LogP contribution in [0.25, 0.3) is 5.52 Å². The fourth-order valence-electron chi connectivity index (χ4n) is 2.28. The first-order valence-electron chi connectivity index (χ1n) is 7.16. The quantitative estimate of drug-likeness (QED) is 0.611. The van der Waals surface area contributed by atoms with E-state index in [9.17, 15) is 8.78 Å². The summed E-state index contributed by atoms with van der Waals surface area (Å²) in [7, 11) is 0. The van der Waals surface area contributed by atoms with E-state index in [0.717, 1.165) is 5.69 Å². The smallest absolute Gasteiger partial charge is 0.243 e. The first-order chi connectivity index (χ1) is 11.5. The summed E-state index contributed by atoms with van der Waals surface area (Å²) < 4.78 is 33.9. The minimum atomic E-state index is -1.02. The third kappa shape index (κ3) is 3.52. The maximum atomic E-state index is 14.8. The molecule has 0 aliphatic rings. The van der Waals surface area contributed by atoms with Crippen LogP contribution in [-0.4, -0.2) is 25.1 Å². The van der Waals surface area contributed by atoms with Gasteiger partial charge in [0, 0.05) is 10.9 Å². The lowest BCUT2D eigenvalue weighted by molar-refractivity contribution is 0.340. The highest BCUT2D eigenvalue weighted by molar-refractivity contribution is 9.10. The lowest BCUT2D eigenvalue weighted by Crippen LogP contribution is -2.06. The van der Waals surface area contributed by atoms with Gasteiger partial charge in [0.15, 0.2) is 11.6 Å². The van der Waals surface area contributed by atoms with Crippen LogP contribution in [0.4, 0.5) is 14.6 Å². The average Bonchev–Trinajstić information content (AvgIpc) is 3.12. The van der Waals surface area contributed by atoms with Crippen molar-refractivity contribution in [2.75, 3.05) is 5.32 Å². The molecule has 1 unspecified atom stereocenters. The molecular formula is C14H13BrClF2N5S. The van der Waals surface area contributed by atoms with E-state index in [4.69, 9.17) is 11.6 Å². The van der Waals surface area contributed by atoms with Crippen LogP contribution in [-0.2, 0) is 13.0 Å². The number of halogens is 4. The number of fused-ring (bicyclic) bond motifs is 1. The van der Waals surface area contributed by atoms with Gasteiger partial charge in [0.2, 0.25) is 5.28 Å². The molecule has 0 saturated carbocycles. The number of alkyl halides is 1. The van der Waals surface area contributed by atoms with Gasteiger partial charge in [0.1, 0.15) is 10.1 Å².